The van der Waals surface area contributed by atoms with Gasteiger partial charge in [0.25, 0.3) is 0 Å². The van der Waals surface area contributed by atoms with Crippen molar-refractivity contribution in [1.82, 2.24) is 4.98 Å². The van der Waals surface area contributed by atoms with Crippen LogP contribution in [0.2, 0.25) is 0 Å². The average Bonchev–Trinajstić information content (AvgIpc) is 2.98. The first kappa shape index (κ1) is 12.9. The van der Waals surface area contributed by atoms with Gasteiger partial charge in [-0.1, -0.05) is 31.0 Å². The number of carboxylic acids is 1. The highest BCUT2D eigenvalue weighted by molar-refractivity contribution is 5.81. The van der Waals surface area contributed by atoms with Crippen molar-refractivity contribution < 1.29 is 9.90 Å². The van der Waals surface area contributed by atoms with Crippen LogP contribution in [-0.4, -0.2) is 28.6 Å². The lowest BCUT2D eigenvalue weighted by atomic mass is 10.2. The van der Waals surface area contributed by atoms with Gasteiger partial charge in [-0.3, -0.25) is 4.79 Å². The van der Waals surface area contributed by atoms with Gasteiger partial charge in [0.15, 0.2) is 0 Å². The lowest BCUT2D eigenvalue weighted by Crippen LogP contribution is -2.38. The minimum absolute atomic E-state index is 0.0238. The molecule has 1 N–H and O–H groups in total. The second-order valence-electron chi connectivity index (χ2n) is 5.32. The van der Waals surface area contributed by atoms with Gasteiger partial charge < -0.3 is 10.0 Å². The fourth-order valence-corrected chi connectivity index (χ4v) is 2.97. The van der Waals surface area contributed by atoms with Crippen LogP contribution in [0.25, 0.3) is 10.9 Å². The van der Waals surface area contributed by atoms with Crippen LogP contribution in [0, 0.1) is 0 Å². The van der Waals surface area contributed by atoms with Crippen molar-refractivity contribution in [2.45, 2.75) is 31.7 Å². The Balaban J connectivity index is 1.96. The number of para-hydroxylation sites is 1. The molecular formula is C16H18N2O2. The van der Waals surface area contributed by atoms with Crippen LogP contribution in [-0.2, 0) is 4.79 Å². The summed E-state index contributed by atoms with van der Waals surface area (Å²) in [6.45, 7) is 0.0238. The summed E-state index contributed by atoms with van der Waals surface area (Å²) in [4.78, 5) is 17.7. The summed E-state index contributed by atoms with van der Waals surface area (Å²) in [6, 6.07) is 12.2. The zero-order valence-electron chi connectivity index (χ0n) is 11.3. The number of benzene rings is 1. The van der Waals surface area contributed by atoms with Crippen LogP contribution in [0.5, 0.6) is 0 Å². The first-order valence-corrected chi connectivity index (χ1v) is 7.08. The summed E-state index contributed by atoms with van der Waals surface area (Å²) < 4.78 is 0. The number of carboxylic acid groups (broad SMARTS) is 1. The summed E-state index contributed by atoms with van der Waals surface area (Å²) in [7, 11) is 0. The number of pyridine rings is 1. The number of hydrogen-bond donors (Lipinski definition) is 1. The molecule has 1 aliphatic carbocycles. The number of hydrogen-bond acceptors (Lipinski definition) is 3. The maximum atomic E-state index is 11.1. The fraction of sp³-hybridized carbons (Fsp3) is 0.375. The van der Waals surface area contributed by atoms with Gasteiger partial charge in [-0.05, 0) is 31.0 Å². The van der Waals surface area contributed by atoms with Crippen LogP contribution in [0.1, 0.15) is 25.7 Å². The van der Waals surface area contributed by atoms with Crippen LogP contribution in [0.15, 0.2) is 36.4 Å². The van der Waals surface area contributed by atoms with E-state index in [4.69, 9.17) is 5.11 Å². The molecule has 0 bridgehead atoms. The Labute approximate surface area is 118 Å². The van der Waals surface area contributed by atoms with E-state index >= 15 is 0 Å². The van der Waals surface area contributed by atoms with Crippen molar-refractivity contribution in [1.29, 1.82) is 0 Å². The topological polar surface area (TPSA) is 53.4 Å². The van der Waals surface area contributed by atoms with E-state index in [1.807, 2.05) is 41.3 Å². The van der Waals surface area contributed by atoms with Gasteiger partial charge in [-0.15, -0.1) is 0 Å². The Morgan fingerprint density at radius 3 is 2.70 bits per heavy atom. The number of fused-ring (bicyclic) bond motifs is 1. The first-order valence-electron chi connectivity index (χ1n) is 7.08. The molecule has 0 atom stereocenters. The summed E-state index contributed by atoms with van der Waals surface area (Å²) in [5.41, 5.74) is 0.915. The van der Waals surface area contributed by atoms with E-state index in [9.17, 15) is 4.79 Å². The Hall–Kier alpha value is -2.10. The van der Waals surface area contributed by atoms with E-state index < -0.39 is 5.97 Å². The van der Waals surface area contributed by atoms with Crippen LogP contribution in [0.4, 0.5) is 5.82 Å². The second kappa shape index (κ2) is 5.49. The molecule has 1 aromatic heterocycles. The Morgan fingerprint density at radius 2 is 1.95 bits per heavy atom. The molecule has 1 heterocycles. The number of aromatic nitrogens is 1. The molecule has 1 fully saturated rings. The third-order valence-electron chi connectivity index (χ3n) is 3.95. The lowest BCUT2D eigenvalue weighted by Gasteiger charge is -2.28. The third-order valence-corrected chi connectivity index (χ3v) is 3.95. The van der Waals surface area contributed by atoms with Crippen molar-refractivity contribution in [2.24, 2.45) is 0 Å². The number of carbonyl (C=O) groups is 1. The highest BCUT2D eigenvalue weighted by atomic mass is 16.4. The molecule has 0 spiro atoms. The molecule has 1 aliphatic rings. The standard InChI is InChI=1S/C16H18N2O2/c19-16(20)11-18(13-6-2-3-7-13)15-10-9-12-5-1-4-8-14(12)17-15/h1,4-5,8-10,13H,2-3,6-7,11H2,(H,19,20). The molecule has 20 heavy (non-hydrogen) atoms. The van der Waals surface area contributed by atoms with E-state index in [2.05, 4.69) is 4.98 Å². The lowest BCUT2D eigenvalue weighted by molar-refractivity contribution is -0.135. The molecule has 4 nitrogen and oxygen atoms in total. The average molecular weight is 270 g/mol. The van der Waals surface area contributed by atoms with E-state index in [0.717, 1.165) is 29.6 Å². The predicted molar refractivity (Wildman–Crippen MR) is 79.0 cm³/mol. The second-order valence-corrected chi connectivity index (χ2v) is 5.32. The van der Waals surface area contributed by atoms with Crippen LogP contribution < -0.4 is 4.90 Å². The molecule has 2 aromatic rings. The largest absolute Gasteiger partial charge is 0.480 e. The quantitative estimate of drug-likeness (QED) is 0.927. The SMILES string of the molecule is O=C(O)CN(c1ccc2ccccc2n1)C1CCCC1. The van der Waals surface area contributed by atoms with Gasteiger partial charge in [0.2, 0.25) is 0 Å². The van der Waals surface area contributed by atoms with E-state index in [0.29, 0.717) is 6.04 Å². The summed E-state index contributed by atoms with van der Waals surface area (Å²) >= 11 is 0. The van der Waals surface area contributed by atoms with Gasteiger partial charge in [-0.25, -0.2) is 4.98 Å². The molecule has 104 valence electrons. The van der Waals surface area contributed by atoms with Gasteiger partial charge in [0.05, 0.1) is 5.52 Å². The maximum absolute atomic E-state index is 11.1. The zero-order chi connectivity index (χ0) is 13.9. The monoisotopic (exact) mass is 270 g/mol. The molecule has 0 aliphatic heterocycles. The molecule has 0 radical (unpaired) electrons. The first-order chi connectivity index (χ1) is 9.74. The van der Waals surface area contributed by atoms with E-state index in [1.54, 1.807) is 0 Å². The summed E-state index contributed by atoms with van der Waals surface area (Å²) in [5.74, 6) is -0.0233. The Bertz CT molecular complexity index is 621. The van der Waals surface area contributed by atoms with E-state index in [-0.39, 0.29) is 6.54 Å². The van der Waals surface area contributed by atoms with Crippen molar-refractivity contribution in [2.75, 3.05) is 11.4 Å². The number of anilines is 1. The molecule has 1 aromatic carbocycles. The van der Waals surface area contributed by atoms with Crippen LogP contribution in [0.3, 0.4) is 0 Å². The van der Waals surface area contributed by atoms with Gasteiger partial charge in [0, 0.05) is 11.4 Å². The van der Waals surface area contributed by atoms with Gasteiger partial charge in [-0.2, -0.15) is 0 Å². The number of aliphatic carboxylic acids is 1. The molecule has 0 unspecified atom stereocenters. The number of rotatable bonds is 4. The van der Waals surface area contributed by atoms with Gasteiger partial charge in [0.1, 0.15) is 12.4 Å². The number of nitrogens with zero attached hydrogens (tertiary/aromatic N) is 2. The van der Waals surface area contributed by atoms with Gasteiger partial charge >= 0.3 is 5.97 Å². The van der Waals surface area contributed by atoms with Crippen molar-refractivity contribution in [3.8, 4) is 0 Å². The fourth-order valence-electron chi connectivity index (χ4n) is 2.97. The minimum Gasteiger partial charge on any atom is -0.480 e. The Kier molecular flexibility index (Phi) is 3.54. The minimum atomic E-state index is -0.799. The molecule has 0 saturated heterocycles. The van der Waals surface area contributed by atoms with Crippen molar-refractivity contribution in [3.63, 3.8) is 0 Å². The predicted octanol–water partition coefficient (Wildman–Crippen LogP) is 3.07. The molecule has 4 heteroatoms. The highest BCUT2D eigenvalue weighted by Crippen LogP contribution is 2.28. The Morgan fingerprint density at radius 1 is 1.20 bits per heavy atom. The molecular weight excluding hydrogens is 252 g/mol. The smallest absolute Gasteiger partial charge is 0.323 e. The third kappa shape index (κ3) is 2.59. The van der Waals surface area contributed by atoms with Crippen molar-refractivity contribution in [3.05, 3.63) is 36.4 Å². The van der Waals surface area contributed by atoms with E-state index in [1.165, 1.54) is 12.8 Å². The maximum Gasteiger partial charge on any atom is 0.323 e. The van der Waals surface area contributed by atoms with Crippen LogP contribution >= 0.6 is 0 Å². The molecule has 0 amide bonds. The van der Waals surface area contributed by atoms with Crippen molar-refractivity contribution >= 4 is 22.7 Å². The zero-order valence-corrected chi connectivity index (χ0v) is 11.3. The normalized spacial score (nSPS) is 15.6. The summed E-state index contributed by atoms with van der Waals surface area (Å²) in [5, 5.41) is 10.2. The highest BCUT2D eigenvalue weighted by Gasteiger charge is 2.25. The molecule has 3 rings (SSSR count). The summed E-state index contributed by atoms with van der Waals surface area (Å²) in [6.07, 6.45) is 4.46. The molecule has 1 saturated carbocycles.